The lowest BCUT2D eigenvalue weighted by Crippen LogP contribution is -2.45. The highest BCUT2D eigenvalue weighted by Crippen LogP contribution is 2.18. The van der Waals surface area contributed by atoms with Crippen molar-refractivity contribution < 1.29 is 9.59 Å². The Morgan fingerprint density at radius 2 is 1.78 bits per heavy atom. The Balaban J connectivity index is 1.37. The zero-order valence-corrected chi connectivity index (χ0v) is 19.2. The highest BCUT2D eigenvalue weighted by atomic mass is 35.5. The minimum absolute atomic E-state index is 0.119. The van der Waals surface area contributed by atoms with Gasteiger partial charge in [-0.15, -0.1) is 0 Å². The van der Waals surface area contributed by atoms with Crippen LogP contribution in [0, 0.1) is 0 Å². The maximum absolute atomic E-state index is 12.6. The second kappa shape index (κ2) is 11.5. The van der Waals surface area contributed by atoms with E-state index in [1.54, 1.807) is 43.1 Å². The lowest BCUT2D eigenvalue weighted by molar-refractivity contribution is -0.131. The number of nitrogens with one attached hydrogen (secondary N) is 2. The van der Waals surface area contributed by atoms with Crippen LogP contribution in [0.4, 0.5) is 0 Å². The highest BCUT2D eigenvalue weighted by molar-refractivity contribution is 6.33. The van der Waals surface area contributed by atoms with E-state index in [4.69, 9.17) is 11.6 Å². The Bertz CT molecular complexity index is 1040. The molecule has 0 spiro atoms. The number of hydrogen-bond donors (Lipinski definition) is 2. The van der Waals surface area contributed by atoms with Crippen LogP contribution in [0.2, 0.25) is 5.02 Å². The molecule has 0 fully saturated rings. The van der Waals surface area contributed by atoms with Crippen molar-refractivity contribution in [1.29, 1.82) is 0 Å². The summed E-state index contributed by atoms with van der Waals surface area (Å²) in [7, 11) is 1.77. The SMILES string of the molecule is CC(NC(=O)c1ccccc1Cl)C(=O)N(C)CCCCCc1cc(-c2ccccc2)n[nH]1. The third kappa shape index (κ3) is 6.44. The summed E-state index contributed by atoms with van der Waals surface area (Å²) in [6.07, 6.45) is 3.82. The first kappa shape index (κ1) is 23.5. The average molecular weight is 453 g/mol. The van der Waals surface area contributed by atoms with Crippen LogP contribution in [0.5, 0.6) is 0 Å². The van der Waals surface area contributed by atoms with E-state index in [-0.39, 0.29) is 11.8 Å². The van der Waals surface area contributed by atoms with E-state index in [1.807, 2.05) is 30.3 Å². The Morgan fingerprint density at radius 1 is 1.06 bits per heavy atom. The fourth-order valence-electron chi connectivity index (χ4n) is 3.51. The number of nitrogens with zero attached hydrogens (tertiary/aromatic N) is 2. The number of carbonyl (C=O) groups excluding carboxylic acids is 2. The number of unbranched alkanes of at least 4 members (excludes halogenated alkanes) is 2. The van der Waals surface area contributed by atoms with Crippen LogP contribution < -0.4 is 5.32 Å². The number of H-pyrrole nitrogens is 1. The predicted molar refractivity (Wildman–Crippen MR) is 128 cm³/mol. The van der Waals surface area contributed by atoms with Crippen LogP contribution in [0.1, 0.15) is 42.2 Å². The molecule has 0 aliphatic rings. The summed E-state index contributed by atoms with van der Waals surface area (Å²) in [6.45, 7) is 2.33. The van der Waals surface area contributed by atoms with E-state index < -0.39 is 6.04 Å². The van der Waals surface area contributed by atoms with Crippen LogP contribution in [0.15, 0.2) is 60.7 Å². The van der Waals surface area contributed by atoms with E-state index >= 15 is 0 Å². The summed E-state index contributed by atoms with van der Waals surface area (Å²) >= 11 is 6.06. The minimum Gasteiger partial charge on any atom is -0.344 e. The normalized spacial score (nSPS) is 11.7. The molecule has 1 aromatic heterocycles. The van der Waals surface area contributed by atoms with Gasteiger partial charge in [0, 0.05) is 24.8 Å². The molecular formula is C25H29ClN4O2. The first-order valence-electron chi connectivity index (χ1n) is 10.9. The number of benzene rings is 2. The van der Waals surface area contributed by atoms with Gasteiger partial charge in [0.05, 0.1) is 16.3 Å². The van der Waals surface area contributed by atoms with Crippen molar-refractivity contribution in [2.24, 2.45) is 0 Å². The standard InChI is InChI=1S/C25H29ClN4O2/c1-18(27-24(31)21-14-8-9-15-22(21)26)25(32)30(2)16-10-4-7-13-20-17-23(29-28-20)19-11-5-3-6-12-19/h3,5-6,8-9,11-12,14-15,17-18H,4,7,10,13,16H2,1-2H3,(H,27,31)(H,28,29). The summed E-state index contributed by atoms with van der Waals surface area (Å²) in [5.74, 6) is -0.467. The maximum Gasteiger partial charge on any atom is 0.253 e. The number of aromatic amines is 1. The molecule has 1 unspecified atom stereocenters. The monoisotopic (exact) mass is 452 g/mol. The van der Waals surface area contributed by atoms with Crippen molar-refractivity contribution >= 4 is 23.4 Å². The molecule has 1 atom stereocenters. The topological polar surface area (TPSA) is 78.1 Å². The Labute approximate surface area is 194 Å². The highest BCUT2D eigenvalue weighted by Gasteiger charge is 2.20. The second-order valence-electron chi connectivity index (χ2n) is 7.89. The van der Waals surface area contributed by atoms with Gasteiger partial charge in [-0.05, 0) is 44.4 Å². The number of carbonyl (C=O) groups is 2. The van der Waals surface area contributed by atoms with Crippen molar-refractivity contribution in [1.82, 2.24) is 20.4 Å². The molecule has 7 heteroatoms. The molecule has 3 rings (SSSR count). The van der Waals surface area contributed by atoms with Crippen LogP contribution in [0.25, 0.3) is 11.3 Å². The van der Waals surface area contributed by atoms with Gasteiger partial charge in [-0.3, -0.25) is 14.7 Å². The van der Waals surface area contributed by atoms with Gasteiger partial charge in [0.1, 0.15) is 6.04 Å². The van der Waals surface area contributed by atoms with Crippen LogP contribution in [-0.4, -0.2) is 46.5 Å². The van der Waals surface area contributed by atoms with Gasteiger partial charge in [-0.25, -0.2) is 0 Å². The largest absolute Gasteiger partial charge is 0.344 e. The first-order valence-corrected chi connectivity index (χ1v) is 11.2. The van der Waals surface area contributed by atoms with Crippen molar-refractivity contribution in [2.45, 2.75) is 38.6 Å². The maximum atomic E-state index is 12.6. The van der Waals surface area contributed by atoms with Gasteiger partial charge in [0.25, 0.3) is 5.91 Å². The molecule has 32 heavy (non-hydrogen) atoms. The zero-order chi connectivity index (χ0) is 22.9. The Kier molecular flexibility index (Phi) is 8.45. The van der Waals surface area contributed by atoms with Crippen molar-refractivity contribution in [3.05, 3.63) is 76.9 Å². The summed E-state index contributed by atoms with van der Waals surface area (Å²) in [4.78, 5) is 26.6. The molecule has 0 aliphatic carbocycles. The molecule has 0 saturated heterocycles. The lowest BCUT2D eigenvalue weighted by atomic mass is 10.1. The number of likely N-dealkylation sites (N-methyl/N-ethyl adjacent to an activating group) is 1. The van der Waals surface area contributed by atoms with Gasteiger partial charge in [-0.2, -0.15) is 5.10 Å². The second-order valence-corrected chi connectivity index (χ2v) is 8.30. The molecule has 0 aliphatic heterocycles. The van der Waals surface area contributed by atoms with Crippen LogP contribution in [0.3, 0.4) is 0 Å². The molecule has 0 radical (unpaired) electrons. The Hall–Kier alpha value is -3.12. The van der Waals surface area contributed by atoms with Gasteiger partial charge < -0.3 is 10.2 Å². The summed E-state index contributed by atoms with van der Waals surface area (Å²) in [6, 6.07) is 18.4. The predicted octanol–water partition coefficient (Wildman–Crippen LogP) is 4.72. The summed E-state index contributed by atoms with van der Waals surface area (Å²) in [5.41, 5.74) is 3.54. The third-order valence-electron chi connectivity index (χ3n) is 5.35. The smallest absolute Gasteiger partial charge is 0.253 e. The molecule has 0 saturated carbocycles. The van der Waals surface area contributed by atoms with Crippen molar-refractivity contribution in [3.8, 4) is 11.3 Å². The molecule has 6 nitrogen and oxygen atoms in total. The molecule has 2 N–H and O–H groups in total. The molecule has 168 valence electrons. The van der Waals surface area contributed by atoms with Crippen LogP contribution >= 0.6 is 11.6 Å². The molecule has 1 heterocycles. The quantitative estimate of drug-likeness (QED) is 0.437. The molecular weight excluding hydrogens is 424 g/mol. The van der Waals surface area contributed by atoms with Gasteiger partial charge in [-0.1, -0.05) is 60.5 Å². The Morgan fingerprint density at radius 3 is 2.53 bits per heavy atom. The molecule has 2 aromatic carbocycles. The van der Waals surface area contributed by atoms with E-state index in [0.717, 1.165) is 42.6 Å². The van der Waals surface area contributed by atoms with Crippen molar-refractivity contribution in [2.75, 3.05) is 13.6 Å². The molecule has 0 bridgehead atoms. The summed E-state index contributed by atoms with van der Waals surface area (Å²) < 4.78 is 0. The minimum atomic E-state index is -0.620. The summed E-state index contributed by atoms with van der Waals surface area (Å²) in [5, 5.41) is 10.6. The lowest BCUT2D eigenvalue weighted by Gasteiger charge is -2.22. The van der Waals surface area contributed by atoms with E-state index in [2.05, 4.69) is 21.6 Å². The first-order chi connectivity index (χ1) is 15.5. The van der Waals surface area contributed by atoms with E-state index in [1.165, 1.54) is 0 Å². The zero-order valence-electron chi connectivity index (χ0n) is 18.5. The molecule has 2 amide bonds. The van der Waals surface area contributed by atoms with Crippen molar-refractivity contribution in [3.63, 3.8) is 0 Å². The van der Waals surface area contributed by atoms with E-state index in [0.29, 0.717) is 17.1 Å². The number of hydrogen-bond acceptors (Lipinski definition) is 3. The van der Waals surface area contributed by atoms with Gasteiger partial charge >= 0.3 is 0 Å². The molecule has 3 aromatic rings. The van der Waals surface area contributed by atoms with Crippen LogP contribution in [-0.2, 0) is 11.2 Å². The number of rotatable bonds is 10. The fourth-order valence-corrected chi connectivity index (χ4v) is 3.73. The van der Waals surface area contributed by atoms with Gasteiger partial charge in [0.2, 0.25) is 5.91 Å². The number of amides is 2. The number of halogens is 1. The number of aromatic nitrogens is 2. The average Bonchev–Trinajstić information content (AvgIpc) is 3.28. The fraction of sp³-hybridized carbons (Fsp3) is 0.320. The number of aryl methyl sites for hydroxylation is 1. The van der Waals surface area contributed by atoms with Gasteiger partial charge in [0.15, 0.2) is 0 Å². The third-order valence-corrected chi connectivity index (χ3v) is 5.68. The van der Waals surface area contributed by atoms with E-state index in [9.17, 15) is 9.59 Å².